The number of hydrogen-bond donors (Lipinski definition) is 0. The van der Waals surface area contributed by atoms with Crippen LogP contribution in [-0.2, 0) is 0 Å². The van der Waals surface area contributed by atoms with Crippen molar-refractivity contribution in [3.05, 3.63) is 28.5 Å². The van der Waals surface area contributed by atoms with Gasteiger partial charge in [0.15, 0.2) is 5.78 Å². The molecule has 1 aromatic rings. The predicted octanol–water partition coefficient (Wildman–Crippen LogP) is 3.85. The summed E-state index contributed by atoms with van der Waals surface area (Å²) < 4.78 is 0.818. The van der Waals surface area contributed by atoms with Crippen LogP contribution in [0.1, 0.15) is 43.1 Å². The molecular weight excluding hydrogens is 266 g/mol. The van der Waals surface area contributed by atoms with Crippen LogP contribution in [0.25, 0.3) is 0 Å². The first kappa shape index (κ1) is 11.8. The van der Waals surface area contributed by atoms with Crippen LogP contribution in [0, 0.1) is 11.8 Å². The fourth-order valence-electron chi connectivity index (χ4n) is 2.43. The summed E-state index contributed by atoms with van der Waals surface area (Å²) in [6.07, 6.45) is 6.15. The molecule has 0 N–H and O–H groups in total. The standard InChI is InChI=1S/C13H16BrNO/c1-9-4-2-5-10(8-9)13(16)12-11(14)6-3-7-15-12/h3,6-7,9-10H,2,4-5,8H2,1H3. The minimum atomic E-state index is 0.176. The normalized spacial score (nSPS) is 25.4. The van der Waals surface area contributed by atoms with E-state index >= 15 is 0 Å². The molecule has 0 saturated heterocycles. The molecule has 1 aromatic heterocycles. The number of hydrogen-bond acceptors (Lipinski definition) is 2. The number of ketones is 1. The number of pyridine rings is 1. The number of rotatable bonds is 2. The fraction of sp³-hybridized carbons (Fsp3) is 0.538. The van der Waals surface area contributed by atoms with Crippen molar-refractivity contribution in [3.8, 4) is 0 Å². The van der Waals surface area contributed by atoms with Crippen LogP contribution in [-0.4, -0.2) is 10.8 Å². The summed E-state index contributed by atoms with van der Waals surface area (Å²) in [7, 11) is 0. The first-order valence-corrected chi connectivity index (χ1v) is 6.62. The molecule has 0 amide bonds. The molecule has 2 unspecified atom stereocenters. The van der Waals surface area contributed by atoms with E-state index in [1.165, 1.54) is 12.8 Å². The van der Waals surface area contributed by atoms with Crippen molar-refractivity contribution >= 4 is 21.7 Å². The molecule has 1 heterocycles. The summed E-state index contributed by atoms with van der Waals surface area (Å²) in [6, 6.07) is 3.72. The van der Waals surface area contributed by atoms with E-state index in [0.29, 0.717) is 11.6 Å². The van der Waals surface area contributed by atoms with E-state index < -0.39 is 0 Å². The molecule has 2 atom stereocenters. The van der Waals surface area contributed by atoms with Crippen LogP contribution in [0.4, 0.5) is 0 Å². The Morgan fingerprint density at radius 2 is 2.31 bits per heavy atom. The predicted molar refractivity (Wildman–Crippen MR) is 67.4 cm³/mol. The zero-order chi connectivity index (χ0) is 11.5. The van der Waals surface area contributed by atoms with Gasteiger partial charge in [0.25, 0.3) is 0 Å². The Kier molecular flexibility index (Phi) is 3.74. The number of carbonyl (C=O) groups excluding carboxylic acids is 1. The largest absolute Gasteiger partial charge is 0.292 e. The van der Waals surface area contributed by atoms with Gasteiger partial charge in [-0.25, -0.2) is 0 Å². The number of aromatic nitrogens is 1. The summed E-state index contributed by atoms with van der Waals surface area (Å²) in [5, 5.41) is 0. The summed E-state index contributed by atoms with van der Waals surface area (Å²) in [5.74, 6) is 1.05. The third kappa shape index (κ3) is 2.51. The van der Waals surface area contributed by atoms with Crippen molar-refractivity contribution in [1.82, 2.24) is 4.98 Å². The Balaban J connectivity index is 2.16. The summed E-state index contributed by atoms with van der Waals surface area (Å²) in [6.45, 7) is 2.23. The van der Waals surface area contributed by atoms with Crippen molar-refractivity contribution < 1.29 is 4.79 Å². The lowest BCUT2D eigenvalue weighted by atomic mass is 9.79. The van der Waals surface area contributed by atoms with Gasteiger partial charge in [0.2, 0.25) is 0 Å². The number of halogens is 1. The maximum atomic E-state index is 12.3. The molecule has 2 rings (SSSR count). The highest BCUT2D eigenvalue weighted by molar-refractivity contribution is 9.10. The quantitative estimate of drug-likeness (QED) is 0.771. The van der Waals surface area contributed by atoms with Crippen molar-refractivity contribution in [2.45, 2.75) is 32.6 Å². The van der Waals surface area contributed by atoms with E-state index in [1.54, 1.807) is 6.20 Å². The minimum absolute atomic E-state index is 0.176. The summed E-state index contributed by atoms with van der Waals surface area (Å²) in [5.41, 5.74) is 0.599. The van der Waals surface area contributed by atoms with E-state index in [9.17, 15) is 4.79 Å². The smallest absolute Gasteiger partial charge is 0.185 e. The minimum Gasteiger partial charge on any atom is -0.292 e. The lowest BCUT2D eigenvalue weighted by Gasteiger charge is -2.25. The Labute approximate surface area is 105 Å². The maximum absolute atomic E-state index is 12.3. The number of carbonyl (C=O) groups is 1. The first-order valence-electron chi connectivity index (χ1n) is 5.83. The van der Waals surface area contributed by atoms with Crippen LogP contribution >= 0.6 is 15.9 Å². The van der Waals surface area contributed by atoms with E-state index in [1.807, 2.05) is 12.1 Å². The number of nitrogens with zero attached hydrogens (tertiary/aromatic N) is 1. The Bertz CT molecular complexity index is 391. The van der Waals surface area contributed by atoms with E-state index in [4.69, 9.17) is 0 Å². The summed E-state index contributed by atoms with van der Waals surface area (Å²) in [4.78, 5) is 16.5. The molecule has 86 valence electrons. The second-order valence-electron chi connectivity index (χ2n) is 4.67. The Morgan fingerprint density at radius 3 is 3.00 bits per heavy atom. The van der Waals surface area contributed by atoms with Crippen LogP contribution in [0.3, 0.4) is 0 Å². The molecule has 0 bridgehead atoms. The molecular formula is C13H16BrNO. The van der Waals surface area contributed by atoms with Crippen LogP contribution in [0.5, 0.6) is 0 Å². The maximum Gasteiger partial charge on any atom is 0.185 e. The highest BCUT2D eigenvalue weighted by Crippen LogP contribution is 2.31. The summed E-state index contributed by atoms with van der Waals surface area (Å²) >= 11 is 3.40. The Morgan fingerprint density at radius 1 is 1.50 bits per heavy atom. The van der Waals surface area contributed by atoms with Crippen LogP contribution < -0.4 is 0 Å². The topological polar surface area (TPSA) is 30.0 Å². The molecule has 0 radical (unpaired) electrons. The van der Waals surface area contributed by atoms with Gasteiger partial charge in [0.05, 0.1) is 0 Å². The first-order chi connectivity index (χ1) is 7.68. The van der Waals surface area contributed by atoms with Crippen molar-refractivity contribution in [2.24, 2.45) is 11.8 Å². The van der Waals surface area contributed by atoms with Crippen molar-refractivity contribution in [2.75, 3.05) is 0 Å². The molecule has 0 aliphatic heterocycles. The third-order valence-corrected chi connectivity index (χ3v) is 3.94. The third-order valence-electron chi connectivity index (χ3n) is 3.30. The van der Waals surface area contributed by atoms with Gasteiger partial charge in [-0.05, 0) is 46.8 Å². The van der Waals surface area contributed by atoms with Gasteiger partial charge in [-0.2, -0.15) is 0 Å². The molecule has 1 aliphatic rings. The van der Waals surface area contributed by atoms with E-state index in [-0.39, 0.29) is 11.7 Å². The molecule has 16 heavy (non-hydrogen) atoms. The van der Waals surface area contributed by atoms with E-state index in [2.05, 4.69) is 27.8 Å². The molecule has 2 nitrogen and oxygen atoms in total. The molecule has 1 fully saturated rings. The molecule has 3 heteroatoms. The highest BCUT2D eigenvalue weighted by Gasteiger charge is 2.27. The average Bonchev–Trinajstić information content (AvgIpc) is 2.29. The van der Waals surface area contributed by atoms with Crippen LogP contribution in [0.2, 0.25) is 0 Å². The Hall–Kier alpha value is -0.700. The molecule has 0 spiro atoms. The van der Waals surface area contributed by atoms with Gasteiger partial charge in [0.1, 0.15) is 5.69 Å². The lowest BCUT2D eigenvalue weighted by molar-refractivity contribution is 0.0862. The van der Waals surface area contributed by atoms with E-state index in [0.717, 1.165) is 17.3 Å². The highest BCUT2D eigenvalue weighted by atomic mass is 79.9. The lowest BCUT2D eigenvalue weighted by Crippen LogP contribution is -2.22. The zero-order valence-electron chi connectivity index (χ0n) is 9.45. The average molecular weight is 282 g/mol. The second-order valence-corrected chi connectivity index (χ2v) is 5.52. The van der Waals surface area contributed by atoms with Crippen molar-refractivity contribution in [1.29, 1.82) is 0 Å². The molecule has 1 saturated carbocycles. The van der Waals surface area contributed by atoms with Gasteiger partial charge in [0, 0.05) is 16.6 Å². The van der Waals surface area contributed by atoms with Gasteiger partial charge in [-0.3, -0.25) is 9.78 Å². The monoisotopic (exact) mass is 281 g/mol. The van der Waals surface area contributed by atoms with Gasteiger partial charge in [-0.1, -0.05) is 19.8 Å². The van der Waals surface area contributed by atoms with Gasteiger partial charge in [-0.15, -0.1) is 0 Å². The molecule has 1 aliphatic carbocycles. The number of Topliss-reactive ketones (excluding diaryl/α,β-unsaturated/α-hetero) is 1. The SMILES string of the molecule is CC1CCCC(C(=O)c2ncccc2Br)C1. The molecule has 0 aromatic carbocycles. The van der Waals surface area contributed by atoms with Crippen LogP contribution in [0.15, 0.2) is 22.8 Å². The van der Waals surface area contributed by atoms with Gasteiger partial charge >= 0.3 is 0 Å². The van der Waals surface area contributed by atoms with Gasteiger partial charge < -0.3 is 0 Å². The zero-order valence-corrected chi connectivity index (χ0v) is 11.0. The fourth-order valence-corrected chi connectivity index (χ4v) is 2.88. The van der Waals surface area contributed by atoms with Crippen molar-refractivity contribution in [3.63, 3.8) is 0 Å². The second kappa shape index (κ2) is 5.09.